The minimum Gasteiger partial charge on any atom is -0.359 e. The lowest BCUT2D eigenvalue weighted by molar-refractivity contribution is -0.137. The van der Waals surface area contributed by atoms with Crippen LogP contribution in [0, 0.1) is 0 Å². The van der Waals surface area contributed by atoms with E-state index in [0.717, 1.165) is 38.2 Å². The van der Waals surface area contributed by atoms with Crippen LogP contribution in [0.15, 0.2) is 24.8 Å². The molecule has 1 saturated heterocycles. The van der Waals surface area contributed by atoms with Gasteiger partial charge in [0.15, 0.2) is 0 Å². The van der Waals surface area contributed by atoms with Gasteiger partial charge in [-0.25, -0.2) is 4.98 Å². The molecule has 1 aliphatic heterocycles. The molecule has 0 saturated carbocycles. The first-order valence-corrected chi connectivity index (χ1v) is 6.54. The number of imidazole rings is 1. The summed E-state index contributed by atoms with van der Waals surface area (Å²) in [5.74, 6) is 0. The molecule has 2 aromatic heterocycles. The predicted octanol–water partition coefficient (Wildman–Crippen LogP) is 2.82. The molecule has 0 bridgehead atoms. The number of aromatic nitrogens is 3. The third-order valence-corrected chi connectivity index (χ3v) is 3.58. The molecule has 20 heavy (non-hydrogen) atoms. The summed E-state index contributed by atoms with van der Waals surface area (Å²) in [7, 11) is 0. The molecule has 1 unspecified atom stereocenters. The number of aromatic amines is 1. The standard InChI is InChI=1S/C13H15F3N4/c14-13(15,16)9-4-11(18-5-9)12-7-20(8-19-12)10-2-1-3-17-6-10/h4-5,7-8,10,17-18H,1-3,6H2. The summed E-state index contributed by atoms with van der Waals surface area (Å²) < 4.78 is 39.6. The molecule has 0 spiro atoms. The van der Waals surface area contributed by atoms with Crippen molar-refractivity contribution in [1.82, 2.24) is 19.9 Å². The SMILES string of the molecule is FC(F)(F)c1c[nH]c(-c2cn(C3CCCNC3)cn2)c1. The van der Waals surface area contributed by atoms with Crippen LogP contribution in [-0.2, 0) is 6.18 Å². The van der Waals surface area contributed by atoms with Crippen molar-refractivity contribution < 1.29 is 13.2 Å². The third-order valence-electron chi connectivity index (χ3n) is 3.58. The molecule has 0 amide bonds. The number of H-pyrrole nitrogens is 1. The van der Waals surface area contributed by atoms with Crippen molar-refractivity contribution in [3.8, 4) is 11.4 Å². The number of hydrogen-bond acceptors (Lipinski definition) is 2. The van der Waals surface area contributed by atoms with Crippen molar-refractivity contribution in [2.75, 3.05) is 13.1 Å². The smallest absolute Gasteiger partial charge is 0.359 e. The number of piperidine rings is 1. The molecule has 108 valence electrons. The molecule has 1 aliphatic rings. The van der Waals surface area contributed by atoms with Gasteiger partial charge in [0.1, 0.15) is 5.69 Å². The maximum atomic E-state index is 12.6. The second kappa shape index (κ2) is 4.97. The van der Waals surface area contributed by atoms with Crippen molar-refractivity contribution in [3.05, 3.63) is 30.4 Å². The number of halogens is 3. The summed E-state index contributed by atoms with van der Waals surface area (Å²) in [6.45, 7) is 1.89. The zero-order chi connectivity index (χ0) is 14.2. The van der Waals surface area contributed by atoms with E-state index in [2.05, 4.69) is 15.3 Å². The summed E-state index contributed by atoms with van der Waals surface area (Å²) in [4.78, 5) is 6.83. The Balaban J connectivity index is 1.81. The summed E-state index contributed by atoms with van der Waals surface area (Å²) in [6, 6.07) is 1.41. The fourth-order valence-electron chi connectivity index (χ4n) is 2.47. The Morgan fingerprint density at radius 2 is 2.20 bits per heavy atom. The highest BCUT2D eigenvalue weighted by atomic mass is 19.4. The van der Waals surface area contributed by atoms with Gasteiger partial charge in [0, 0.05) is 25.0 Å². The second-order valence-corrected chi connectivity index (χ2v) is 5.01. The molecule has 7 heteroatoms. The number of nitrogens with zero attached hydrogens (tertiary/aromatic N) is 2. The Bertz CT molecular complexity index is 578. The maximum Gasteiger partial charge on any atom is 0.417 e. The molecule has 2 aromatic rings. The predicted molar refractivity (Wildman–Crippen MR) is 68.2 cm³/mol. The van der Waals surface area contributed by atoms with E-state index in [4.69, 9.17) is 0 Å². The fraction of sp³-hybridized carbons (Fsp3) is 0.462. The van der Waals surface area contributed by atoms with E-state index in [0.29, 0.717) is 17.4 Å². The van der Waals surface area contributed by atoms with E-state index >= 15 is 0 Å². The van der Waals surface area contributed by atoms with Gasteiger partial charge >= 0.3 is 6.18 Å². The van der Waals surface area contributed by atoms with Gasteiger partial charge in [-0.05, 0) is 25.5 Å². The first-order chi connectivity index (χ1) is 9.54. The molecule has 0 aliphatic carbocycles. The van der Waals surface area contributed by atoms with Crippen LogP contribution in [-0.4, -0.2) is 27.6 Å². The molecule has 3 rings (SSSR count). The van der Waals surface area contributed by atoms with Crippen molar-refractivity contribution in [2.24, 2.45) is 0 Å². The number of hydrogen-bond donors (Lipinski definition) is 2. The van der Waals surface area contributed by atoms with E-state index in [1.807, 2.05) is 4.57 Å². The van der Waals surface area contributed by atoms with E-state index in [9.17, 15) is 13.2 Å². The van der Waals surface area contributed by atoms with Crippen molar-refractivity contribution in [1.29, 1.82) is 0 Å². The van der Waals surface area contributed by atoms with E-state index < -0.39 is 11.7 Å². The lowest BCUT2D eigenvalue weighted by atomic mass is 10.1. The summed E-state index contributed by atoms with van der Waals surface area (Å²) >= 11 is 0. The van der Waals surface area contributed by atoms with Crippen LogP contribution in [0.2, 0.25) is 0 Å². The highest BCUT2D eigenvalue weighted by Gasteiger charge is 2.31. The van der Waals surface area contributed by atoms with Gasteiger partial charge in [0.25, 0.3) is 0 Å². The highest BCUT2D eigenvalue weighted by Crippen LogP contribution is 2.32. The Hall–Kier alpha value is -1.76. The molecular weight excluding hydrogens is 269 g/mol. The molecular formula is C13H15F3N4. The van der Waals surface area contributed by atoms with Crippen LogP contribution in [0.25, 0.3) is 11.4 Å². The minimum atomic E-state index is -4.33. The highest BCUT2D eigenvalue weighted by molar-refractivity contribution is 5.55. The van der Waals surface area contributed by atoms with Crippen LogP contribution < -0.4 is 5.32 Å². The maximum absolute atomic E-state index is 12.6. The Morgan fingerprint density at radius 3 is 2.85 bits per heavy atom. The number of rotatable bonds is 2. The van der Waals surface area contributed by atoms with E-state index in [1.54, 1.807) is 12.5 Å². The lowest BCUT2D eigenvalue weighted by Gasteiger charge is -2.23. The van der Waals surface area contributed by atoms with Crippen molar-refractivity contribution in [3.63, 3.8) is 0 Å². The fourth-order valence-corrected chi connectivity index (χ4v) is 2.47. The van der Waals surface area contributed by atoms with Crippen LogP contribution in [0.3, 0.4) is 0 Å². The van der Waals surface area contributed by atoms with Gasteiger partial charge in [-0.15, -0.1) is 0 Å². The Morgan fingerprint density at radius 1 is 1.35 bits per heavy atom. The quantitative estimate of drug-likeness (QED) is 0.890. The number of nitrogens with one attached hydrogen (secondary N) is 2. The largest absolute Gasteiger partial charge is 0.417 e. The Kier molecular flexibility index (Phi) is 3.29. The molecule has 1 fully saturated rings. The van der Waals surface area contributed by atoms with E-state index in [1.165, 1.54) is 0 Å². The molecule has 0 radical (unpaired) electrons. The minimum absolute atomic E-state index is 0.321. The Labute approximate surface area is 114 Å². The molecule has 1 atom stereocenters. The average Bonchev–Trinajstić information content (AvgIpc) is 3.08. The molecule has 3 heterocycles. The van der Waals surface area contributed by atoms with Gasteiger partial charge < -0.3 is 14.9 Å². The first kappa shape index (κ1) is 13.2. The summed E-state index contributed by atoms with van der Waals surface area (Å²) in [5.41, 5.74) is 0.243. The number of alkyl halides is 3. The third kappa shape index (κ3) is 2.58. The van der Waals surface area contributed by atoms with Gasteiger partial charge in [0.2, 0.25) is 0 Å². The molecule has 2 N–H and O–H groups in total. The zero-order valence-electron chi connectivity index (χ0n) is 10.7. The van der Waals surface area contributed by atoms with Crippen LogP contribution in [0.5, 0.6) is 0 Å². The normalized spacial score (nSPS) is 20.2. The van der Waals surface area contributed by atoms with Crippen molar-refractivity contribution >= 4 is 0 Å². The molecule has 4 nitrogen and oxygen atoms in total. The summed E-state index contributed by atoms with van der Waals surface area (Å²) in [6.07, 6.45) is 2.27. The zero-order valence-corrected chi connectivity index (χ0v) is 10.7. The van der Waals surface area contributed by atoms with Crippen LogP contribution in [0.1, 0.15) is 24.4 Å². The topological polar surface area (TPSA) is 45.6 Å². The van der Waals surface area contributed by atoms with Gasteiger partial charge in [-0.2, -0.15) is 13.2 Å². The van der Waals surface area contributed by atoms with Crippen LogP contribution in [0.4, 0.5) is 13.2 Å². The van der Waals surface area contributed by atoms with Gasteiger partial charge in [0.05, 0.1) is 17.6 Å². The summed E-state index contributed by atoms with van der Waals surface area (Å²) in [5, 5.41) is 3.30. The van der Waals surface area contributed by atoms with Gasteiger partial charge in [-0.3, -0.25) is 0 Å². The van der Waals surface area contributed by atoms with Crippen LogP contribution >= 0.6 is 0 Å². The first-order valence-electron chi connectivity index (χ1n) is 6.54. The molecule has 0 aromatic carbocycles. The average molecular weight is 284 g/mol. The second-order valence-electron chi connectivity index (χ2n) is 5.01. The van der Waals surface area contributed by atoms with Gasteiger partial charge in [-0.1, -0.05) is 0 Å². The van der Waals surface area contributed by atoms with Crippen molar-refractivity contribution in [2.45, 2.75) is 25.1 Å². The monoisotopic (exact) mass is 284 g/mol. The van der Waals surface area contributed by atoms with E-state index in [-0.39, 0.29) is 0 Å². The lowest BCUT2D eigenvalue weighted by Crippen LogP contribution is -2.31.